The Bertz CT molecular complexity index is 357. The van der Waals surface area contributed by atoms with Gasteiger partial charge < -0.3 is 9.47 Å². The summed E-state index contributed by atoms with van der Waals surface area (Å²) in [4.78, 5) is 14.8. The fraction of sp³-hybridized carbons (Fsp3) is 0.500. The van der Waals surface area contributed by atoms with Gasteiger partial charge in [0, 0.05) is 18.9 Å². The lowest BCUT2D eigenvalue weighted by molar-refractivity contribution is 0.0313. The largest absolute Gasteiger partial charge is 0.460 e. The molecule has 0 atom stereocenters. The molecule has 0 amide bonds. The van der Waals surface area contributed by atoms with Crippen LogP contribution in [0.4, 0.5) is 4.39 Å². The normalized spacial score (nSPS) is 10.2. The van der Waals surface area contributed by atoms with Crippen LogP contribution in [0, 0.1) is 5.95 Å². The van der Waals surface area contributed by atoms with E-state index in [2.05, 4.69) is 11.9 Å². The Morgan fingerprint density at radius 2 is 2.24 bits per heavy atom. The van der Waals surface area contributed by atoms with Crippen molar-refractivity contribution in [3.05, 3.63) is 29.8 Å². The maximum Gasteiger partial charge on any atom is 0.338 e. The molecule has 0 bridgehead atoms. The zero-order valence-electron chi connectivity index (χ0n) is 9.82. The van der Waals surface area contributed by atoms with E-state index in [1.54, 1.807) is 0 Å². The molecule has 0 aliphatic rings. The number of esters is 1. The van der Waals surface area contributed by atoms with E-state index in [1.165, 1.54) is 12.3 Å². The number of carbonyl (C=O) groups excluding carboxylic acids is 1. The Kier molecular flexibility index (Phi) is 6.17. The van der Waals surface area contributed by atoms with Crippen molar-refractivity contribution >= 4 is 5.97 Å². The lowest BCUT2D eigenvalue weighted by Crippen LogP contribution is -2.11. The van der Waals surface area contributed by atoms with Crippen molar-refractivity contribution < 1.29 is 18.7 Å². The predicted octanol–water partition coefficient (Wildman–Crippen LogP) is 2.19. The fourth-order valence-corrected chi connectivity index (χ4v) is 1.15. The first-order valence-corrected chi connectivity index (χ1v) is 5.60. The topological polar surface area (TPSA) is 48.4 Å². The van der Waals surface area contributed by atoms with Gasteiger partial charge in [-0.2, -0.15) is 4.39 Å². The monoisotopic (exact) mass is 241 g/mol. The van der Waals surface area contributed by atoms with Gasteiger partial charge in [-0.3, -0.25) is 0 Å². The maximum absolute atomic E-state index is 12.7. The summed E-state index contributed by atoms with van der Waals surface area (Å²) in [6.07, 6.45) is 3.28. The molecule has 4 nitrogen and oxygen atoms in total. The summed E-state index contributed by atoms with van der Waals surface area (Å²) in [5.74, 6) is -1.26. The third kappa shape index (κ3) is 5.40. The van der Waals surface area contributed by atoms with Gasteiger partial charge in [-0.25, -0.2) is 9.78 Å². The Morgan fingerprint density at radius 1 is 1.41 bits per heavy atom. The molecule has 1 rings (SSSR count). The number of hydrogen-bond donors (Lipinski definition) is 0. The van der Waals surface area contributed by atoms with Crippen LogP contribution in [0.2, 0.25) is 0 Å². The van der Waals surface area contributed by atoms with Gasteiger partial charge in [0.25, 0.3) is 0 Å². The van der Waals surface area contributed by atoms with Gasteiger partial charge in [0.15, 0.2) is 0 Å². The van der Waals surface area contributed by atoms with Crippen LogP contribution in [0.3, 0.4) is 0 Å². The van der Waals surface area contributed by atoms with Crippen molar-refractivity contribution in [3.8, 4) is 0 Å². The summed E-state index contributed by atoms with van der Waals surface area (Å²) in [7, 11) is 0. The zero-order chi connectivity index (χ0) is 12.5. The van der Waals surface area contributed by atoms with Gasteiger partial charge in [-0.15, -0.1) is 0 Å². The first-order valence-electron chi connectivity index (χ1n) is 5.60. The molecule has 0 aliphatic heterocycles. The summed E-state index contributed by atoms with van der Waals surface area (Å²) in [6, 6.07) is 2.45. The van der Waals surface area contributed by atoms with Crippen molar-refractivity contribution in [2.45, 2.75) is 19.8 Å². The first-order chi connectivity index (χ1) is 8.24. The fourth-order valence-electron chi connectivity index (χ4n) is 1.15. The average molecular weight is 241 g/mol. The van der Waals surface area contributed by atoms with Crippen molar-refractivity contribution in [3.63, 3.8) is 0 Å². The number of rotatable bonds is 7. The molecule has 0 radical (unpaired) electrons. The molecule has 0 aliphatic carbocycles. The number of unbranched alkanes of at least 4 members (excludes halogenated alkanes) is 1. The Labute approximate surface area is 99.8 Å². The van der Waals surface area contributed by atoms with Gasteiger partial charge in [0.1, 0.15) is 6.61 Å². The van der Waals surface area contributed by atoms with Gasteiger partial charge >= 0.3 is 5.97 Å². The predicted molar refractivity (Wildman–Crippen MR) is 60.2 cm³/mol. The highest BCUT2D eigenvalue weighted by molar-refractivity contribution is 5.89. The highest BCUT2D eigenvalue weighted by Gasteiger charge is 2.07. The Balaban J connectivity index is 2.21. The minimum atomic E-state index is -0.696. The van der Waals surface area contributed by atoms with Crippen LogP contribution < -0.4 is 0 Å². The van der Waals surface area contributed by atoms with E-state index in [9.17, 15) is 9.18 Å². The molecule has 0 saturated carbocycles. The van der Waals surface area contributed by atoms with Gasteiger partial charge in [0.2, 0.25) is 5.95 Å². The highest BCUT2D eigenvalue weighted by Crippen LogP contribution is 2.02. The molecule has 0 fully saturated rings. The van der Waals surface area contributed by atoms with Crippen molar-refractivity contribution in [1.82, 2.24) is 4.98 Å². The van der Waals surface area contributed by atoms with Crippen molar-refractivity contribution in [1.29, 1.82) is 0 Å². The summed E-state index contributed by atoms with van der Waals surface area (Å²) in [6.45, 7) is 3.27. The van der Waals surface area contributed by atoms with Crippen LogP contribution in [-0.4, -0.2) is 30.8 Å². The molecule has 0 saturated heterocycles. The second-order valence-electron chi connectivity index (χ2n) is 3.47. The third-order valence-corrected chi connectivity index (χ3v) is 2.07. The van der Waals surface area contributed by atoms with Crippen LogP contribution >= 0.6 is 0 Å². The molecule has 0 aromatic carbocycles. The molecule has 94 valence electrons. The number of pyridine rings is 1. The zero-order valence-corrected chi connectivity index (χ0v) is 9.82. The quantitative estimate of drug-likeness (QED) is 0.417. The Hall–Kier alpha value is -1.49. The first kappa shape index (κ1) is 13.6. The molecule has 1 aromatic heterocycles. The number of hydrogen-bond acceptors (Lipinski definition) is 4. The van der Waals surface area contributed by atoms with Gasteiger partial charge in [0.05, 0.1) is 12.2 Å². The minimum Gasteiger partial charge on any atom is -0.460 e. The molecule has 5 heteroatoms. The lowest BCUT2D eigenvalue weighted by Gasteiger charge is -2.05. The molecule has 1 heterocycles. The van der Waals surface area contributed by atoms with Crippen molar-refractivity contribution in [2.75, 3.05) is 19.8 Å². The third-order valence-electron chi connectivity index (χ3n) is 2.07. The van der Waals surface area contributed by atoms with Crippen LogP contribution in [0.1, 0.15) is 30.1 Å². The molecule has 1 aromatic rings. The van der Waals surface area contributed by atoms with E-state index in [-0.39, 0.29) is 12.2 Å². The summed E-state index contributed by atoms with van der Waals surface area (Å²) >= 11 is 0. The molecule has 0 unspecified atom stereocenters. The molecule has 0 spiro atoms. The number of carbonyl (C=O) groups is 1. The average Bonchev–Trinajstić information content (AvgIpc) is 2.33. The Morgan fingerprint density at radius 3 is 2.94 bits per heavy atom. The molecular weight excluding hydrogens is 225 g/mol. The van der Waals surface area contributed by atoms with E-state index in [1.807, 2.05) is 0 Å². The highest BCUT2D eigenvalue weighted by atomic mass is 19.1. The second kappa shape index (κ2) is 7.73. The summed E-state index contributed by atoms with van der Waals surface area (Å²) in [5, 5.41) is 0. The van der Waals surface area contributed by atoms with Crippen LogP contribution in [0.15, 0.2) is 18.3 Å². The van der Waals surface area contributed by atoms with Gasteiger partial charge in [-0.1, -0.05) is 13.3 Å². The minimum absolute atomic E-state index is 0.158. The van der Waals surface area contributed by atoms with E-state index in [4.69, 9.17) is 9.47 Å². The molecule has 0 N–H and O–H groups in total. The number of halogens is 1. The van der Waals surface area contributed by atoms with Crippen molar-refractivity contribution in [2.24, 2.45) is 0 Å². The maximum atomic E-state index is 12.7. The number of ether oxygens (including phenoxy) is 2. The SMILES string of the molecule is CCCCOCCOC(=O)c1ccnc(F)c1. The molecule has 17 heavy (non-hydrogen) atoms. The van der Waals surface area contributed by atoms with E-state index < -0.39 is 11.9 Å². The van der Waals surface area contributed by atoms with E-state index in [0.29, 0.717) is 13.2 Å². The van der Waals surface area contributed by atoms with Crippen LogP contribution in [0.5, 0.6) is 0 Å². The summed E-state index contributed by atoms with van der Waals surface area (Å²) in [5.41, 5.74) is 0.158. The standard InChI is InChI=1S/C12H16FNO3/c1-2-3-6-16-7-8-17-12(15)10-4-5-14-11(13)9-10/h4-5,9H,2-3,6-8H2,1H3. The number of nitrogens with zero attached hydrogens (tertiary/aromatic N) is 1. The molecular formula is C12H16FNO3. The van der Waals surface area contributed by atoms with Gasteiger partial charge in [-0.05, 0) is 12.5 Å². The number of aromatic nitrogens is 1. The lowest BCUT2D eigenvalue weighted by atomic mass is 10.3. The van der Waals surface area contributed by atoms with E-state index >= 15 is 0 Å². The van der Waals surface area contributed by atoms with Crippen LogP contribution in [-0.2, 0) is 9.47 Å². The second-order valence-corrected chi connectivity index (χ2v) is 3.47. The summed E-state index contributed by atoms with van der Waals surface area (Å²) < 4.78 is 22.8. The smallest absolute Gasteiger partial charge is 0.338 e. The van der Waals surface area contributed by atoms with Crippen LogP contribution in [0.25, 0.3) is 0 Å². The van der Waals surface area contributed by atoms with E-state index in [0.717, 1.165) is 18.9 Å².